The molecule has 0 spiro atoms. The van der Waals surface area contributed by atoms with Gasteiger partial charge < -0.3 is 0 Å². The van der Waals surface area contributed by atoms with Crippen molar-refractivity contribution >= 4 is 33.3 Å². The number of aromatic nitrogens is 1. The number of pyridine rings is 1. The van der Waals surface area contributed by atoms with Crippen molar-refractivity contribution < 1.29 is 13.2 Å². The second-order valence-electron chi connectivity index (χ2n) is 3.81. The largest absolute Gasteiger partial charge is 0.299 e. The van der Waals surface area contributed by atoms with Crippen molar-refractivity contribution in [1.82, 2.24) is 9.29 Å². The van der Waals surface area contributed by atoms with E-state index in [1.165, 1.54) is 25.2 Å². The van der Waals surface area contributed by atoms with Crippen molar-refractivity contribution in [1.29, 1.82) is 0 Å². The molecule has 0 aliphatic carbocycles. The van der Waals surface area contributed by atoms with Crippen LogP contribution in [0.25, 0.3) is 0 Å². The fraction of sp³-hybridized carbons (Fsp3) is 0.400. The first-order chi connectivity index (χ1) is 8.21. The fourth-order valence-electron chi connectivity index (χ4n) is 1.11. The van der Waals surface area contributed by atoms with Crippen molar-refractivity contribution in [3.8, 4) is 0 Å². The molecule has 0 bridgehead atoms. The van der Waals surface area contributed by atoms with Crippen LogP contribution in [0.1, 0.15) is 0 Å². The Kier molecular flexibility index (Phi) is 4.66. The van der Waals surface area contributed by atoms with Gasteiger partial charge in [-0.15, -0.1) is 0 Å². The van der Waals surface area contributed by atoms with E-state index < -0.39 is 10.0 Å². The number of likely N-dealkylation sites (N-methyl/N-ethyl adjacent to an activating group) is 2. The van der Waals surface area contributed by atoms with Gasteiger partial charge in [-0.05, 0) is 12.1 Å². The summed E-state index contributed by atoms with van der Waals surface area (Å²) in [5, 5.41) is 0.466. The van der Waals surface area contributed by atoms with Gasteiger partial charge in [0.15, 0.2) is 0 Å². The van der Waals surface area contributed by atoms with E-state index in [0.717, 1.165) is 10.6 Å². The van der Waals surface area contributed by atoms with Gasteiger partial charge in [0.2, 0.25) is 15.9 Å². The van der Waals surface area contributed by atoms with Crippen molar-refractivity contribution in [2.75, 3.05) is 31.8 Å². The topological polar surface area (TPSA) is 70.6 Å². The zero-order valence-electron chi connectivity index (χ0n) is 10.3. The smallest absolute Gasteiger partial charge is 0.243 e. The SMILES string of the molecule is CN(C(=O)CN(C)S(C)(=O)=O)c1ccc(Cl)cn1. The number of hydrogen-bond acceptors (Lipinski definition) is 4. The molecule has 0 aromatic carbocycles. The Hall–Kier alpha value is -1.18. The summed E-state index contributed by atoms with van der Waals surface area (Å²) in [5.74, 6) is 0.0315. The van der Waals surface area contributed by atoms with Crippen molar-refractivity contribution in [3.63, 3.8) is 0 Å². The van der Waals surface area contributed by atoms with Crippen LogP contribution in [0.2, 0.25) is 5.02 Å². The highest BCUT2D eigenvalue weighted by Gasteiger charge is 2.19. The van der Waals surface area contributed by atoms with Crippen LogP contribution in [0.15, 0.2) is 18.3 Å². The van der Waals surface area contributed by atoms with E-state index in [4.69, 9.17) is 11.6 Å². The molecular weight excluding hydrogens is 278 g/mol. The maximum atomic E-state index is 11.8. The number of nitrogens with zero attached hydrogens (tertiary/aromatic N) is 3. The standard InChI is InChI=1S/C10H14ClN3O3S/c1-13(18(3,16)17)7-10(15)14(2)9-5-4-8(11)6-12-9/h4-6H,7H2,1-3H3. The van der Waals surface area contributed by atoms with Gasteiger partial charge in [-0.1, -0.05) is 11.6 Å². The summed E-state index contributed by atoms with van der Waals surface area (Å²) in [4.78, 5) is 17.1. The van der Waals surface area contributed by atoms with Gasteiger partial charge in [-0.3, -0.25) is 9.69 Å². The first kappa shape index (κ1) is 14.9. The molecule has 1 aromatic heterocycles. The first-order valence-electron chi connectivity index (χ1n) is 5.01. The van der Waals surface area contributed by atoms with Gasteiger partial charge in [0.25, 0.3) is 0 Å². The molecule has 18 heavy (non-hydrogen) atoms. The predicted molar refractivity (Wildman–Crippen MR) is 70.1 cm³/mol. The summed E-state index contributed by atoms with van der Waals surface area (Å²) >= 11 is 5.69. The van der Waals surface area contributed by atoms with Gasteiger partial charge >= 0.3 is 0 Å². The lowest BCUT2D eigenvalue weighted by Crippen LogP contribution is -2.39. The molecule has 1 rings (SSSR count). The molecule has 0 unspecified atom stereocenters. The molecule has 0 saturated heterocycles. The van der Waals surface area contributed by atoms with Crippen LogP contribution in [-0.4, -0.2) is 50.5 Å². The molecule has 0 saturated carbocycles. The van der Waals surface area contributed by atoms with E-state index in [9.17, 15) is 13.2 Å². The van der Waals surface area contributed by atoms with Crippen LogP contribution < -0.4 is 4.90 Å². The molecule has 0 aliphatic heterocycles. The zero-order chi connectivity index (χ0) is 13.9. The number of amides is 1. The Labute approximate surface area is 111 Å². The molecule has 0 aliphatic rings. The molecule has 0 radical (unpaired) electrons. The number of halogens is 1. The van der Waals surface area contributed by atoms with Crippen LogP contribution in [-0.2, 0) is 14.8 Å². The summed E-state index contributed by atoms with van der Waals surface area (Å²) in [6.45, 7) is -0.236. The van der Waals surface area contributed by atoms with Gasteiger partial charge in [-0.2, -0.15) is 4.31 Å². The van der Waals surface area contributed by atoms with E-state index in [-0.39, 0.29) is 12.5 Å². The Morgan fingerprint density at radius 2 is 2.00 bits per heavy atom. The highest BCUT2D eigenvalue weighted by molar-refractivity contribution is 7.88. The van der Waals surface area contributed by atoms with E-state index in [1.807, 2.05) is 0 Å². The fourth-order valence-corrected chi connectivity index (χ4v) is 1.56. The number of carbonyl (C=O) groups excluding carboxylic acids is 1. The monoisotopic (exact) mass is 291 g/mol. The highest BCUT2D eigenvalue weighted by atomic mass is 35.5. The van der Waals surface area contributed by atoms with E-state index >= 15 is 0 Å². The molecule has 0 fully saturated rings. The Bertz CT molecular complexity index is 530. The maximum absolute atomic E-state index is 11.8. The Balaban J connectivity index is 2.76. The highest BCUT2D eigenvalue weighted by Crippen LogP contribution is 2.13. The second-order valence-corrected chi connectivity index (χ2v) is 6.33. The Morgan fingerprint density at radius 3 is 2.44 bits per heavy atom. The third kappa shape index (κ3) is 3.94. The minimum absolute atomic E-state index is 0.236. The van der Waals surface area contributed by atoms with E-state index in [2.05, 4.69) is 4.98 Å². The minimum Gasteiger partial charge on any atom is -0.299 e. The third-order valence-electron chi connectivity index (χ3n) is 2.35. The average Bonchev–Trinajstić information content (AvgIpc) is 2.27. The van der Waals surface area contributed by atoms with Crippen LogP contribution in [0.5, 0.6) is 0 Å². The maximum Gasteiger partial charge on any atom is 0.243 e. The molecule has 1 amide bonds. The quantitative estimate of drug-likeness (QED) is 0.814. The summed E-state index contributed by atoms with van der Waals surface area (Å²) in [6, 6.07) is 3.19. The summed E-state index contributed by atoms with van der Waals surface area (Å²) in [7, 11) is -0.510. The van der Waals surface area contributed by atoms with Gasteiger partial charge in [-0.25, -0.2) is 13.4 Å². The molecule has 0 N–H and O–H groups in total. The molecule has 1 aromatic rings. The normalized spacial score (nSPS) is 11.6. The van der Waals surface area contributed by atoms with Crippen LogP contribution in [0.3, 0.4) is 0 Å². The van der Waals surface area contributed by atoms with Crippen LogP contribution in [0.4, 0.5) is 5.82 Å². The molecule has 8 heteroatoms. The number of sulfonamides is 1. The van der Waals surface area contributed by atoms with Crippen molar-refractivity contribution in [2.24, 2.45) is 0 Å². The number of rotatable bonds is 4. The van der Waals surface area contributed by atoms with Crippen LogP contribution in [0, 0.1) is 0 Å². The molecule has 100 valence electrons. The minimum atomic E-state index is -3.38. The summed E-state index contributed by atoms with van der Waals surface area (Å²) in [5.41, 5.74) is 0. The van der Waals surface area contributed by atoms with Gasteiger partial charge in [0.1, 0.15) is 5.82 Å². The molecule has 1 heterocycles. The lowest BCUT2D eigenvalue weighted by Gasteiger charge is -2.19. The number of carbonyl (C=O) groups is 1. The van der Waals surface area contributed by atoms with Crippen molar-refractivity contribution in [3.05, 3.63) is 23.4 Å². The lowest BCUT2D eigenvalue weighted by atomic mass is 10.4. The average molecular weight is 292 g/mol. The molecular formula is C10H14ClN3O3S. The second kappa shape index (κ2) is 5.64. The first-order valence-corrected chi connectivity index (χ1v) is 7.24. The zero-order valence-corrected chi connectivity index (χ0v) is 11.9. The number of anilines is 1. The summed E-state index contributed by atoms with van der Waals surface area (Å²) < 4.78 is 23.4. The van der Waals surface area contributed by atoms with E-state index in [1.54, 1.807) is 12.1 Å². The Morgan fingerprint density at radius 1 is 1.39 bits per heavy atom. The molecule has 0 atom stereocenters. The lowest BCUT2D eigenvalue weighted by molar-refractivity contribution is -0.118. The van der Waals surface area contributed by atoms with E-state index in [0.29, 0.717) is 10.8 Å². The third-order valence-corrected chi connectivity index (χ3v) is 3.84. The molecule has 6 nitrogen and oxygen atoms in total. The summed E-state index contributed by atoms with van der Waals surface area (Å²) in [6.07, 6.45) is 2.46. The van der Waals surface area contributed by atoms with Gasteiger partial charge in [0, 0.05) is 20.3 Å². The predicted octanol–water partition coefficient (Wildman–Crippen LogP) is 0.589. The van der Waals surface area contributed by atoms with Crippen molar-refractivity contribution in [2.45, 2.75) is 0 Å². The van der Waals surface area contributed by atoms with Crippen LogP contribution >= 0.6 is 11.6 Å². The van der Waals surface area contributed by atoms with Gasteiger partial charge in [0.05, 0.1) is 17.8 Å². The number of hydrogen-bond donors (Lipinski definition) is 0.